The highest BCUT2D eigenvalue weighted by Gasteiger charge is 2.38. The molecule has 6 N–H and O–H groups in total. The van der Waals surface area contributed by atoms with Crippen LogP contribution in [-0.4, -0.2) is 78.9 Å². The van der Waals surface area contributed by atoms with E-state index in [9.17, 15) is 36.3 Å². The van der Waals surface area contributed by atoms with Gasteiger partial charge in [-0.05, 0) is 43.5 Å². The van der Waals surface area contributed by atoms with Crippen LogP contribution in [-0.2, 0) is 29.2 Å². The van der Waals surface area contributed by atoms with Crippen LogP contribution in [0.5, 0.6) is 0 Å². The number of sulfonamides is 1. The average molecular weight is 606 g/mol. The first-order valence-corrected chi connectivity index (χ1v) is 13.7. The highest BCUT2D eigenvalue weighted by molar-refractivity contribution is 7.89. The number of carbonyl (C=O) groups is 3. The maximum absolute atomic E-state index is 12.4. The molecule has 0 spiro atoms. The summed E-state index contributed by atoms with van der Waals surface area (Å²) in [7, 11) is -4.04. The number of carboxylic acid groups (broad SMARTS) is 2. The van der Waals surface area contributed by atoms with Gasteiger partial charge >= 0.3 is 18.1 Å². The SMILES string of the molecule is O=C(O)C(F)(F)F.O=C(O)[C@H](CNC(=O)[C@@H]1C[C@@H](CCCCNc2ccccn2)ON1)NS(=O)(=O)c1ccccc1. The molecule has 1 aromatic carbocycles. The summed E-state index contributed by atoms with van der Waals surface area (Å²) in [5.41, 5.74) is 2.68. The van der Waals surface area contributed by atoms with E-state index in [-0.39, 0.29) is 11.0 Å². The largest absolute Gasteiger partial charge is 0.490 e. The topological polar surface area (TPSA) is 196 Å². The Hall–Kier alpha value is -3.80. The molecule has 0 saturated carbocycles. The van der Waals surface area contributed by atoms with Crippen molar-refractivity contribution in [2.24, 2.45) is 0 Å². The number of alkyl halides is 3. The fourth-order valence-corrected chi connectivity index (χ4v) is 4.63. The van der Waals surface area contributed by atoms with E-state index in [1.807, 2.05) is 18.2 Å². The van der Waals surface area contributed by atoms with Crippen molar-refractivity contribution >= 4 is 33.7 Å². The number of unbranched alkanes of at least 4 members (excludes halogenated alkanes) is 1. The van der Waals surface area contributed by atoms with E-state index in [4.69, 9.17) is 14.7 Å². The molecule has 1 amide bonds. The Balaban J connectivity index is 0.000000745. The zero-order valence-corrected chi connectivity index (χ0v) is 22.3. The van der Waals surface area contributed by atoms with Gasteiger partial charge in [0.15, 0.2) is 0 Å². The lowest BCUT2D eigenvalue weighted by Crippen LogP contribution is -2.51. The van der Waals surface area contributed by atoms with Gasteiger partial charge in [0.2, 0.25) is 15.9 Å². The van der Waals surface area contributed by atoms with Crippen LogP contribution >= 0.6 is 0 Å². The number of rotatable bonds is 13. The molecule has 0 radical (unpaired) electrons. The molecule has 0 bridgehead atoms. The second-order valence-corrected chi connectivity index (χ2v) is 10.4. The first-order valence-electron chi connectivity index (χ1n) is 12.2. The summed E-state index contributed by atoms with van der Waals surface area (Å²) in [4.78, 5) is 42.5. The number of anilines is 1. The number of pyridine rings is 1. The van der Waals surface area contributed by atoms with Gasteiger partial charge in [-0.3, -0.25) is 14.4 Å². The van der Waals surface area contributed by atoms with E-state index in [2.05, 4.69) is 25.8 Å². The molecule has 3 rings (SSSR count). The number of benzene rings is 1. The summed E-state index contributed by atoms with van der Waals surface area (Å²) in [5, 5.41) is 22.2. The summed E-state index contributed by atoms with van der Waals surface area (Å²) in [5.74, 6) is -3.78. The fraction of sp³-hybridized carbons (Fsp3) is 0.417. The van der Waals surface area contributed by atoms with Crippen molar-refractivity contribution in [1.29, 1.82) is 0 Å². The van der Waals surface area contributed by atoms with Gasteiger partial charge in [0.05, 0.1) is 11.0 Å². The molecule has 1 aliphatic rings. The smallest absolute Gasteiger partial charge is 0.480 e. The van der Waals surface area contributed by atoms with Crippen LogP contribution in [0.1, 0.15) is 25.7 Å². The highest BCUT2D eigenvalue weighted by atomic mass is 32.2. The van der Waals surface area contributed by atoms with Crippen molar-refractivity contribution in [3.63, 3.8) is 0 Å². The van der Waals surface area contributed by atoms with Gasteiger partial charge in [0.1, 0.15) is 17.9 Å². The number of aromatic nitrogens is 1. The number of carbonyl (C=O) groups excluding carboxylic acids is 1. The molecule has 17 heteroatoms. The molecule has 0 aliphatic carbocycles. The number of nitrogens with one attached hydrogen (secondary N) is 4. The monoisotopic (exact) mass is 605 g/mol. The first kappa shape index (κ1) is 33.4. The third-order valence-corrected chi connectivity index (χ3v) is 6.98. The Morgan fingerprint density at radius 3 is 2.32 bits per heavy atom. The van der Waals surface area contributed by atoms with Crippen LogP contribution in [0.25, 0.3) is 0 Å². The summed E-state index contributed by atoms with van der Waals surface area (Å²) in [6.45, 7) is 0.374. The normalized spacial score (nSPS) is 17.5. The third-order valence-electron chi connectivity index (χ3n) is 5.49. The van der Waals surface area contributed by atoms with Crippen molar-refractivity contribution in [1.82, 2.24) is 20.5 Å². The Labute approximate surface area is 233 Å². The van der Waals surface area contributed by atoms with E-state index in [0.717, 1.165) is 31.6 Å². The molecule has 13 nitrogen and oxygen atoms in total. The molecule has 2 heterocycles. The minimum atomic E-state index is -5.08. The number of hydrogen-bond donors (Lipinski definition) is 6. The molecule has 0 unspecified atom stereocenters. The maximum atomic E-state index is 12.4. The van der Waals surface area contributed by atoms with Gasteiger partial charge in [0.25, 0.3) is 0 Å². The number of hydrogen-bond acceptors (Lipinski definition) is 9. The lowest BCUT2D eigenvalue weighted by molar-refractivity contribution is -0.192. The quantitative estimate of drug-likeness (QED) is 0.181. The Kier molecular flexibility index (Phi) is 12.9. The van der Waals surface area contributed by atoms with Gasteiger partial charge in [0, 0.05) is 25.7 Å². The molecule has 1 saturated heterocycles. The number of amides is 1. The fourth-order valence-electron chi connectivity index (χ4n) is 3.42. The Morgan fingerprint density at radius 2 is 1.73 bits per heavy atom. The summed E-state index contributed by atoms with van der Waals surface area (Å²) < 4.78 is 58.6. The van der Waals surface area contributed by atoms with E-state index in [1.54, 1.807) is 12.3 Å². The standard InChI is InChI=1S/C22H29N5O6S.C2HF3O2/c28-21(25-15-19(22(29)30)27-34(31,32)17-9-2-1-3-10-17)18-14-16(33-26-18)8-4-6-12-23-20-11-5-7-13-24-20;3-2(4,5)1(6)7/h1-3,5,7,9-11,13,16,18-19,26-27H,4,6,8,12,14-15H2,(H,23,24)(H,25,28)(H,29,30);(H,6,7)/t16-,18+,19+;/m1./s1. The lowest BCUT2D eigenvalue weighted by Gasteiger charge is -2.17. The molecule has 1 aromatic heterocycles. The molecular formula is C24H30F3N5O8S. The van der Waals surface area contributed by atoms with E-state index in [1.165, 1.54) is 24.3 Å². The number of hydroxylamine groups is 1. The Bertz CT molecular complexity index is 1240. The zero-order valence-electron chi connectivity index (χ0n) is 21.5. The van der Waals surface area contributed by atoms with Gasteiger partial charge < -0.3 is 20.8 Å². The molecule has 3 atom stereocenters. The number of nitrogens with zero attached hydrogens (tertiary/aromatic N) is 1. The minimum absolute atomic E-state index is 0.0588. The predicted octanol–water partition coefficient (Wildman–Crippen LogP) is 1.51. The zero-order chi connectivity index (χ0) is 30.5. The van der Waals surface area contributed by atoms with E-state index >= 15 is 0 Å². The van der Waals surface area contributed by atoms with Crippen molar-refractivity contribution in [2.45, 2.75) is 54.9 Å². The summed E-state index contributed by atoms with van der Waals surface area (Å²) in [6, 6.07) is 10.9. The van der Waals surface area contributed by atoms with Crippen LogP contribution < -0.4 is 20.8 Å². The van der Waals surface area contributed by atoms with Gasteiger partial charge in [-0.1, -0.05) is 24.3 Å². The van der Waals surface area contributed by atoms with E-state index in [0.29, 0.717) is 6.42 Å². The second kappa shape index (κ2) is 15.8. The van der Waals surface area contributed by atoms with Gasteiger partial charge in [-0.15, -0.1) is 0 Å². The number of carboxylic acids is 2. The van der Waals surface area contributed by atoms with Gasteiger partial charge in [-0.25, -0.2) is 18.2 Å². The minimum Gasteiger partial charge on any atom is -0.480 e. The van der Waals surface area contributed by atoms with Crippen molar-refractivity contribution in [2.75, 3.05) is 18.4 Å². The average Bonchev–Trinajstić information content (AvgIpc) is 3.40. The maximum Gasteiger partial charge on any atom is 0.490 e. The molecule has 226 valence electrons. The third kappa shape index (κ3) is 12.1. The van der Waals surface area contributed by atoms with Crippen LogP contribution in [0.2, 0.25) is 0 Å². The Morgan fingerprint density at radius 1 is 1.07 bits per heavy atom. The summed E-state index contributed by atoms with van der Waals surface area (Å²) >= 11 is 0. The molecule has 2 aromatic rings. The van der Waals surface area contributed by atoms with E-state index < -0.39 is 52.7 Å². The van der Waals surface area contributed by atoms with Crippen LogP contribution in [0, 0.1) is 0 Å². The first-order chi connectivity index (χ1) is 19.3. The van der Waals surface area contributed by atoms with Crippen LogP contribution in [0.15, 0.2) is 59.6 Å². The van der Waals surface area contributed by atoms with Crippen molar-refractivity contribution in [3.05, 3.63) is 54.7 Å². The second-order valence-electron chi connectivity index (χ2n) is 8.66. The molecule has 1 fully saturated rings. The molecule has 41 heavy (non-hydrogen) atoms. The van der Waals surface area contributed by atoms with Crippen molar-refractivity contribution in [3.8, 4) is 0 Å². The lowest BCUT2D eigenvalue weighted by atomic mass is 10.1. The highest BCUT2D eigenvalue weighted by Crippen LogP contribution is 2.17. The van der Waals surface area contributed by atoms with Crippen LogP contribution in [0.4, 0.5) is 19.0 Å². The molecular weight excluding hydrogens is 575 g/mol. The van der Waals surface area contributed by atoms with Crippen molar-refractivity contribution < 1.29 is 51.0 Å². The summed E-state index contributed by atoms with van der Waals surface area (Å²) in [6.07, 6.45) is -0.500. The van der Waals surface area contributed by atoms with Crippen LogP contribution in [0.3, 0.4) is 0 Å². The molecule has 1 aliphatic heterocycles. The van der Waals surface area contributed by atoms with Gasteiger partial charge in [-0.2, -0.15) is 23.4 Å². The number of aliphatic carboxylic acids is 2. The number of halogens is 3. The predicted molar refractivity (Wildman–Crippen MR) is 138 cm³/mol.